The third kappa shape index (κ3) is 4.51. The summed E-state index contributed by atoms with van der Waals surface area (Å²) in [6.07, 6.45) is 8.67. The molecule has 1 aromatic carbocycles. The Hall–Kier alpha value is -2.25. The van der Waals surface area contributed by atoms with Crippen LogP contribution >= 0.6 is 11.9 Å². The highest BCUT2D eigenvalue weighted by molar-refractivity contribution is 7.97. The van der Waals surface area contributed by atoms with Gasteiger partial charge in [0.2, 0.25) is 5.88 Å². The highest BCUT2D eigenvalue weighted by Gasteiger charge is 2.23. The number of rotatable bonds is 5. The minimum Gasteiger partial charge on any atom is -0.474 e. The van der Waals surface area contributed by atoms with Crippen LogP contribution in [0.15, 0.2) is 24.4 Å². The second kappa shape index (κ2) is 9.05. The molecule has 1 aromatic heterocycles. The first kappa shape index (κ1) is 20.0. The molecular formula is C22H27N3O3S. The monoisotopic (exact) mass is 413 g/mol. The maximum atomic E-state index is 12.3. The van der Waals surface area contributed by atoms with E-state index in [1.807, 2.05) is 18.4 Å². The number of anilines is 1. The number of pyridine rings is 1. The predicted molar refractivity (Wildman–Crippen MR) is 117 cm³/mol. The molecular weight excluding hydrogens is 386 g/mol. The number of fused-ring (bicyclic) bond motifs is 1. The first-order chi connectivity index (χ1) is 14.2. The van der Waals surface area contributed by atoms with Crippen molar-refractivity contribution in [1.29, 1.82) is 0 Å². The molecule has 154 valence electrons. The maximum Gasteiger partial charge on any atom is 0.329 e. The molecule has 2 aromatic rings. The number of benzene rings is 1. The molecule has 2 amide bonds. The van der Waals surface area contributed by atoms with Crippen molar-refractivity contribution in [2.24, 2.45) is 0 Å². The smallest absolute Gasteiger partial charge is 0.329 e. The van der Waals surface area contributed by atoms with E-state index in [9.17, 15) is 4.79 Å². The van der Waals surface area contributed by atoms with E-state index in [1.54, 1.807) is 6.20 Å². The van der Waals surface area contributed by atoms with E-state index in [0.717, 1.165) is 67.7 Å². The third-order valence-corrected chi connectivity index (χ3v) is 5.90. The third-order valence-electron chi connectivity index (χ3n) is 5.51. The first-order valence-corrected chi connectivity index (χ1v) is 11.3. The van der Waals surface area contributed by atoms with Gasteiger partial charge in [-0.05, 0) is 54.5 Å². The zero-order valence-corrected chi connectivity index (χ0v) is 17.7. The first-order valence-electron chi connectivity index (χ1n) is 10.1. The molecule has 0 unspecified atom stereocenters. The molecule has 2 aliphatic rings. The van der Waals surface area contributed by atoms with E-state index in [-0.39, 0.29) is 12.1 Å². The zero-order valence-electron chi connectivity index (χ0n) is 16.9. The second-order valence-electron chi connectivity index (χ2n) is 7.51. The van der Waals surface area contributed by atoms with Crippen LogP contribution in [0.25, 0.3) is 11.1 Å². The van der Waals surface area contributed by atoms with Crippen molar-refractivity contribution in [1.82, 2.24) is 9.71 Å². The fourth-order valence-corrected chi connectivity index (χ4v) is 4.47. The Morgan fingerprint density at radius 3 is 2.90 bits per heavy atom. The average Bonchev–Trinajstić information content (AvgIpc) is 3.17. The van der Waals surface area contributed by atoms with Crippen molar-refractivity contribution < 1.29 is 14.3 Å². The number of hydrogen-bond donors (Lipinski definition) is 2. The fraction of sp³-hybridized carbons (Fsp3) is 0.455. The van der Waals surface area contributed by atoms with Gasteiger partial charge in [-0.15, -0.1) is 0 Å². The van der Waals surface area contributed by atoms with Gasteiger partial charge in [0, 0.05) is 36.9 Å². The molecule has 1 aliphatic carbocycles. The highest BCUT2D eigenvalue weighted by atomic mass is 32.2. The molecule has 0 atom stereocenters. The van der Waals surface area contributed by atoms with Crippen LogP contribution < -0.4 is 14.8 Å². The molecule has 0 saturated carbocycles. The molecule has 0 spiro atoms. The van der Waals surface area contributed by atoms with Crippen LogP contribution in [0.2, 0.25) is 0 Å². The van der Waals surface area contributed by atoms with Crippen molar-refractivity contribution in [3.05, 3.63) is 41.1 Å². The number of nitrogens with one attached hydrogen (secondary N) is 2. The van der Waals surface area contributed by atoms with Crippen LogP contribution in [-0.4, -0.2) is 36.6 Å². The fourth-order valence-electron chi connectivity index (χ4n) is 4.23. The van der Waals surface area contributed by atoms with Gasteiger partial charge >= 0.3 is 6.03 Å². The molecule has 2 N–H and O–H groups in total. The number of amides is 2. The Bertz CT molecular complexity index is 897. The molecule has 0 bridgehead atoms. The predicted octanol–water partition coefficient (Wildman–Crippen LogP) is 4.50. The number of hydrogen-bond acceptors (Lipinski definition) is 5. The van der Waals surface area contributed by atoms with Gasteiger partial charge in [-0.25, -0.2) is 9.78 Å². The largest absolute Gasteiger partial charge is 0.474 e. The molecule has 29 heavy (non-hydrogen) atoms. The standard InChI is InChI=1S/C22H27N3O3S/c1-14-12-15-4-3-5-18(15)21(24-22(26)25-29-2)20(14)16-6-9-23-19(13-16)28-17-7-10-27-11-8-17/h6,9,12-13,17H,3-5,7-8,10-11H2,1-2H3,(H2,24,25,26). The topological polar surface area (TPSA) is 72.5 Å². The Balaban J connectivity index is 1.70. The molecule has 1 fully saturated rings. The molecule has 2 heterocycles. The molecule has 1 aliphatic heterocycles. The summed E-state index contributed by atoms with van der Waals surface area (Å²) in [6.45, 7) is 3.56. The Morgan fingerprint density at radius 1 is 1.28 bits per heavy atom. The zero-order chi connectivity index (χ0) is 20.2. The number of aryl methyl sites for hydroxylation is 2. The van der Waals surface area contributed by atoms with Crippen LogP contribution in [0.1, 0.15) is 36.0 Å². The normalized spacial score (nSPS) is 16.3. The van der Waals surface area contributed by atoms with Gasteiger partial charge in [0.15, 0.2) is 0 Å². The van der Waals surface area contributed by atoms with Gasteiger partial charge in [-0.3, -0.25) is 4.72 Å². The van der Waals surface area contributed by atoms with Crippen molar-refractivity contribution in [2.75, 3.05) is 24.8 Å². The van der Waals surface area contributed by atoms with E-state index in [1.165, 1.54) is 23.1 Å². The molecule has 4 rings (SSSR count). The highest BCUT2D eigenvalue weighted by Crippen LogP contribution is 2.40. The summed E-state index contributed by atoms with van der Waals surface area (Å²) in [5, 5.41) is 3.10. The van der Waals surface area contributed by atoms with Crippen molar-refractivity contribution >= 4 is 23.7 Å². The van der Waals surface area contributed by atoms with Gasteiger partial charge < -0.3 is 14.8 Å². The maximum absolute atomic E-state index is 12.3. The van der Waals surface area contributed by atoms with Gasteiger partial charge in [-0.1, -0.05) is 18.0 Å². The van der Waals surface area contributed by atoms with Gasteiger partial charge in [-0.2, -0.15) is 0 Å². The summed E-state index contributed by atoms with van der Waals surface area (Å²) < 4.78 is 14.3. The Morgan fingerprint density at radius 2 is 2.10 bits per heavy atom. The molecule has 0 radical (unpaired) electrons. The van der Waals surface area contributed by atoms with E-state index in [4.69, 9.17) is 9.47 Å². The van der Waals surface area contributed by atoms with Crippen LogP contribution in [0.5, 0.6) is 5.88 Å². The number of aromatic nitrogens is 1. The summed E-state index contributed by atoms with van der Waals surface area (Å²) in [5.41, 5.74) is 6.68. The van der Waals surface area contributed by atoms with E-state index >= 15 is 0 Å². The van der Waals surface area contributed by atoms with Crippen LogP contribution in [0, 0.1) is 6.92 Å². The minimum atomic E-state index is -0.203. The average molecular weight is 414 g/mol. The number of carbonyl (C=O) groups excluding carboxylic acids is 1. The van der Waals surface area contributed by atoms with Crippen molar-refractivity contribution in [2.45, 2.75) is 45.1 Å². The summed E-state index contributed by atoms with van der Waals surface area (Å²) in [4.78, 5) is 16.8. The lowest BCUT2D eigenvalue weighted by atomic mass is 9.93. The van der Waals surface area contributed by atoms with Gasteiger partial charge in [0.1, 0.15) is 6.10 Å². The lowest BCUT2D eigenvalue weighted by molar-refractivity contribution is 0.0237. The lowest BCUT2D eigenvalue weighted by Crippen LogP contribution is -2.26. The number of nitrogens with zero attached hydrogens (tertiary/aromatic N) is 1. The van der Waals surface area contributed by atoms with Crippen molar-refractivity contribution in [3.8, 4) is 17.0 Å². The molecule has 6 nitrogen and oxygen atoms in total. The number of carbonyl (C=O) groups is 1. The minimum absolute atomic E-state index is 0.137. The lowest BCUT2D eigenvalue weighted by Gasteiger charge is -2.23. The summed E-state index contributed by atoms with van der Waals surface area (Å²) >= 11 is 1.29. The SMILES string of the molecule is CSNC(=O)Nc1c2c(cc(C)c1-c1ccnc(OC3CCOCC3)c1)CCC2. The van der Waals surface area contributed by atoms with Gasteiger partial charge in [0.05, 0.1) is 18.9 Å². The van der Waals surface area contributed by atoms with Crippen LogP contribution in [0.4, 0.5) is 10.5 Å². The van der Waals surface area contributed by atoms with Crippen LogP contribution in [-0.2, 0) is 17.6 Å². The van der Waals surface area contributed by atoms with Gasteiger partial charge in [0.25, 0.3) is 0 Å². The second-order valence-corrected chi connectivity index (χ2v) is 8.12. The molecule has 1 saturated heterocycles. The Labute approximate surface area is 175 Å². The molecule has 7 heteroatoms. The van der Waals surface area contributed by atoms with Crippen LogP contribution in [0.3, 0.4) is 0 Å². The Kier molecular flexibility index (Phi) is 6.25. The summed E-state index contributed by atoms with van der Waals surface area (Å²) in [6, 6.07) is 6.02. The number of urea groups is 1. The number of ether oxygens (including phenoxy) is 2. The summed E-state index contributed by atoms with van der Waals surface area (Å²) in [7, 11) is 0. The van der Waals surface area contributed by atoms with Crippen molar-refractivity contribution in [3.63, 3.8) is 0 Å². The van der Waals surface area contributed by atoms with E-state index < -0.39 is 0 Å². The van der Waals surface area contributed by atoms with E-state index in [2.05, 4.69) is 28.0 Å². The quantitative estimate of drug-likeness (QED) is 0.706. The summed E-state index contributed by atoms with van der Waals surface area (Å²) in [5.74, 6) is 0.619. The van der Waals surface area contributed by atoms with E-state index in [0.29, 0.717) is 5.88 Å².